The van der Waals surface area contributed by atoms with E-state index in [1.165, 1.54) is 0 Å². The lowest BCUT2D eigenvalue weighted by molar-refractivity contribution is 0.0228. The highest BCUT2D eigenvalue weighted by molar-refractivity contribution is 5.82. The number of nitrogens with two attached hydrogens (primary N) is 1. The highest BCUT2D eigenvalue weighted by Crippen LogP contribution is 2.23. The van der Waals surface area contributed by atoms with Crippen LogP contribution < -0.4 is 5.73 Å². The summed E-state index contributed by atoms with van der Waals surface area (Å²) in [5.74, 6) is 0.610. The summed E-state index contributed by atoms with van der Waals surface area (Å²) in [4.78, 5) is 2.48. The Kier molecular flexibility index (Phi) is 4.01. The minimum absolute atomic E-state index is 0.224. The van der Waals surface area contributed by atoms with E-state index in [1.807, 2.05) is 0 Å². The number of hydrogen-bond donors (Lipinski definition) is 2. The Bertz CT molecular complexity index is 252. The highest BCUT2D eigenvalue weighted by atomic mass is 16.5. The third-order valence-electron chi connectivity index (χ3n) is 3.69. The zero-order valence-electron chi connectivity index (χ0n) is 9.64. The molecule has 3 N–H and O–H groups in total. The number of rotatable bonds is 2. The molecule has 2 aliphatic heterocycles. The number of amidine groups is 1. The van der Waals surface area contributed by atoms with E-state index in [2.05, 4.69) is 10.1 Å². The zero-order valence-corrected chi connectivity index (χ0v) is 9.64. The lowest BCUT2D eigenvalue weighted by Crippen LogP contribution is -2.47. The van der Waals surface area contributed by atoms with E-state index in [0.29, 0.717) is 11.9 Å². The Morgan fingerprint density at radius 3 is 2.75 bits per heavy atom. The first kappa shape index (κ1) is 11.7. The molecule has 0 aliphatic carbocycles. The van der Waals surface area contributed by atoms with Crippen LogP contribution >= 0.6 is 0 Å². The van der Waals surface area contributed by atoms with Crippen molar-refractivity contribution in [2.24, 2.45) is 16.8 Å². The van der Waals surface area contributed by atoms with E-state index in [-0.39, 0.29) is 5.92 Å². The lowest BCUT2D eigenvalue weighted by atomic mass is 9.94. The molecule has 16 heavy (non-hydrogen) atoms. The standard InChI is InChI=1S/C11H21N3O2/c12-11(13-15)9-2-1-5-14(8-9)10-3-6-16-7-4-10/h9-10,15H,1-8H2,(H2,12,13). The highest BCUT2D eigenvalue weighted by Gasteiger charge is 2.28. The van der Waals surface area contributed by atoms with E-state index in [1.54, 1.807) is 0 Å². The van der Waals surface area contributed by atoms with Crippen LogP contribution in [0.15, 0.2) is 5.16 Å². The molecule has 2 fully saturated rings. The molecule has 1 unspecified atom stereocenters. The van der Waals surface area contributed by atoms with E-state index in [4.69, 9.17) is 15.7 Å². The summed E-state index contributed by atoms with van der Waals surface area (Å²) in [6.07, 6.45) is 4.40. The predicted octanol–water partition coefficient (Wildman–Crippen LogP) is 0.624. The molecule has 1 atom stereocenters. The van der Waals surface area contributed by atoms with Gasteiger partial charge in [0.15, 0.2) is 0 Å². The quantitative estimate of drug-likeness (QED) is 0.314. The summed E-state index contributed by atoms with van der Waals surface area (Å²) in [5, 5.41) is 11.8. The molecule has 0 aromatic carbocycles. The third kappa shape index (κ3) is 2.65. The summed E-state index contributed by atoms with van der Waals surface area (Å²) in [6, 6.07) is 0.628. The first-order valence-corrected chi connectivity index (χ1v) is 6.10. The average molecular weight is 227 g/mol. The van der Waals surface area contributed by atoms with Gasteiger partial charge in [-0.15, -0.1) is 0 Å². The fourth-order valence-corrected chi connectivity index (χ4v) is 2.71. The van der Waals surface area contributed by atoms with Crippen LogP contribution in [0.5, 0.6) is 0 Å². The average Bonchev–Trinajstić information content (AvgIpc) is 2.39. The zero-order chi connectivity index (χ0) is 11.4. The second kappa shape index (κ2) is 5.50. The topological polar surface area (TPSA) is 71.1 Å². The second-order valence-corrected chi connectivity index (χ2v) is 4.70. The van der Waals surface area contributed by atoms with E-state index in [0.717, 1.165) is 52.0 Å². The summed E-state index contributed by atoms with van der Waals surface area (Å²) in [7, 11) is 0. The van der Waals surface area contributed by atoms with E-state index in [9.17, 15) is 0 Å². The first-order chi connectivity index (χ1) is 7.81. The first-order valence-electron chi connectivity index (χ1n) is 6.10. The van der Waals surface area contributed by atoms with E-state index < -0.39 is 0 Å². The molecule has 92 valence electrons. The second-order valence-electron chi connectivity index (χ2n) is 4.70. The van der Waals surface area contributed by atoms with Gasteiger partial charge < -0.3 is 15.7 Å². The normalized spacial score (nSPS) is 30.5. The molecular weight excluding hydrogens is 206 g/mol. The van der Waals surface area contributed by atoms with Crippen LogP contribution in [0.1, 0.15) is 25.7 Å². The van der Waals surface area contributed by atoms with Crippen LogP contribution in [0.4, 0.5) is 0 Å². The van der Waals surface area contributed by atoms with Crippen molar-refractivity contribution in [2.75, 3.05) is 26.3 Å². The van der Waals surface area contributed by atoms with Crippen LogP contribution in [0.2, 0.25) is 0 Å². The van der Waals surface area contributed by atoms with Crippen molar-refractivity contribution in [1.82, 2.24) is 4.90 Å². The van der Waals surface area contributed by atoms with Crippen LogP contribution in [0.25, 0.3) is 0 Å². The predicted molar refractivity (Wildman–Crippen MR) is 61.5 cm³/mol. The Balaban J connectivity index is 1.90. The molecular formula is C11H21N3O2. The Morgan fingerprint density at radius 1 is 1.31 bits per heavy atom. The van der Waals surface area contributed by atoms with Crippen molar-refractivity contribution >= 4 is 5.84 Å². The maximum absolute atomic E-state index is 8.71. The van der Waals surface area contributed by atoms with Gasteiger partial charge in [-0.1, -0.05) is 5.16 Å². The Morgan fingerprint density at radius 2 is 2.06 bits per heavy atom. The van der Waals surface area contributed by atoms with Gasteiger partial charge in [0, 0.05) is 31.7 Å². The molecule has 5 heteroatoms. The summed E-state index contributed by atoms with van der Waals surface area (Å²) < 4.78 is 5.37. The van der Waals surface area contributed by atoms with Crippen molar-refractivity contribution in [1.29, 1.82) is 0 Å². The number of hydrogen-bond acceptors (Lipinski definition) is 4. The lowest BCUT2D eigenvalue weighted by Gasteiger charge is -2.39. The van der Waals surface area contributed by atoms with Gasteiger partial charge in [-0.3, -0.25) is 4.90 Å². The van der Waals surface area contributed by atoms with Crippen LogP contribution in [-0.4, -0.2) is 48.3 Å². The van der Waals surface area contributed by atoms with Gasteiger partial charge in [-0.2, -0.15) is 0 Å². The number of oxime groups is 1. The van der Waals surface area contributed by atoms with Gasteiger partial charge in [0.05, 0.1) is 0 Å². The fourth-order valence-electron chi connectivity index (χ4n) is 2.71. The molecule has 2 saturated heterocycles. The van der Waals surface area contributed by atoms with Gasteiger partial charge >= 0.3 is 0 Å². The fraction of sp³-hybridized carbons (Fsp3) is 0.909. The van der Waals surface area contributed by atoms with Gasteiger partial charge in [-0.25, -0.2) is 0 Å². The molecule has 0 radical (unpaired) electrons. The largest absolute Gasteiger partial charge is 0.409 e. The minimum Gasteiger partial charge on any atom is -0.409 e. The summed E-state index contributed by atoms with van der Waals surface area (Å²) in [5.41, 5.74) is 5.69. The van der Waals surface area contributed by atoms with Crippen molar-refractivity contribution in [2.45, 2.75) is 31.7 Å². The molecule has 5 nitrogen and oxygen atoms in total. The molecule has 0 aromatic rings. The van der Waals surface area contributed by atoms with Crippen LogP contribution in [-0.2, 0) is 4.74 Å². The Hall–Kier alpha value is -0.810. The van der Waals surface area contributed by atoms with Crippen molar-refractivity contribution in [3.8, 4) is 0 Å². The molecule has 0 amide bonds. The Labute approximate surface area is 96.2 Å². The maximum atomic E-state index is 8.71. The molecule has 0 saturated carbocycles. The number of nitrogens with zero attached hydrogens (tertiary/aromatic N) is 2. The van der Waals surface area contributed by atoms with Gasteiger partial charge in [0.1, 0.15) is 5.84 Å². The van der Waals surface area contributed by atoms with Gasteiger partial charge in [0.25, 0.3) is 0 Å². The molecule has 0 aromatic heterocycles. The SMILES string of the molecule is NC(=NO)C1CCCN(C2CCOCC2)C1. The minimum atomic E-state index is 0.224. The maximum Gasteiger partial charge on any atom is 0.143 e. The van der Waals surface area contributed by atoms with Crippen LogP contribution in [0.3, 0.4) is 0 Å². The van der Waals surface area contributed by atoms with Crippen molar-refractivity contribution < 1.29 is 9.94 Å². The third-order valence-corrected chi connectivity index (χ3v) is 3.69. The smallest absolute Gasteiger partial charge is 0.143 e. The molecule has 0 spiro atoms. The van der Waals surface area contributed by atoms with Gasteiger partial charge in [-0.05, 0) is 32.2 Å². The summed E-state index contributed by atoms with van der Waals surface area (Å²) in [6.45, 7) is 3.81. The number of ether oxygens (including phenoxy) is 1. The van der Waals surface area contributed by atoms with Crippen LogP contribution in [0, 0.1) is 5.92 Å². The summed E-state index contributed by atoms with van der Waals surface area (Å²) >= 11 is 0. The molecule has 0 bridgehead atoms. The molecule has 2 heterocycles. The monoisotopic (exact) mass is 227 g/mol. The molecule has 2 rings (SSSR count). The molecule has 2 aliphatic rings. The van der Waals surface area contributed by atoms with E-state index >= 15 is 0 Å². The number of piperidine rings is 1. The number of likely N-dealkylation sites (tertiary alicyclic amines) is 1. The van der Waals surface area contributed by atoms with Crippen molar-refractivity contribution in [3.05, 3.63) is 0 Å². The van der Waals surface area contributed by atoms with Crippen molar-refractivity contribution in [3.63, 3.8) is 0 Å². The van der Waals surface area contributed by atoms with Gasteiger partial charge in [0.2, 0.25) is 0 Å².